The first kappa shape index (κ1) is 16.2. The number of anilines is 1. The van der Waals surface area contributed by atoms with Gasteiger partial charge in [0.2, 0.25) is 10.0 Å². The number of piperidine rings is 1. The standard InChI is InChI=1S/C14H24N4O2S/c1-21(19,20)17-10-4-9-15-13-6-11-18(12-7-13)14-5-2-3-8-16-14/h2-3,5,8,13,15,17H,4,6-7,9-12H2,1H3. The smallest absolute Gasteiger partial charge is 0.208 e. The van der Waals surface area contributed by atoms with E-state index in [1.165, 1.54) is 6.26 Å². The number of pyridine rings is 1. The first-order chi connectivity index (χ1) is 10.0. The molecule has 2 rings (SSSR count). The lowest BCUT2D eigenvalue weighted by molar-refractivity contribution is 0.411. The molecule has 1 aliphatic rings. The predicted octanol–water partition coefficient (Wildman–Crippen LogP) is 0.579. The molecule has 0 atom stereocenters. The Labute approximate surface area is 127 Å². The van der Waals surface area contributed by atoms with Gasteiger partial charge in [-0.15, -0.1) is 0 Å². The van der Waals surface area contributed by atoms with E-state index >= 15 is 0 Å². The Morgan fingerprint density at radius 2 is 2.05 bits per heavy atom. The molecule has 0 spiro atoms. The molecule has 0 aliphatic carbocycles. The third-order valence-electron chi connectivity index (χ3n) is 3.62. The monoisotopic (exact) mass is 312 g/mol. The molecule has 1 aromatic heterocycles. The maximum absolute atomic E-state index is 10.9. The topological polar surface area (TPSA) is 74.3 Å². The summed E-state index contributed by atoms with van der Waals surface area (Å²) in [5.74, 6) is 1.05. The summed E-state index contributed by atoms with van der Waals surface area (Å²) in [4.78, 5) is 6.69. The van der Waals surface area contributed by atoms with E-state index in [4.69, 9.17) is 0 Å². The molecule has 118 valence electrons. The summed E-state index contributed by atoms with van der Waals surface area (Å²) in [7, 11) is -3.06. The lowest BCUT2D eigenvalue weighted by atomic mass is 10.0. The molecule has 0 bridgehead atoms. The van der Waals surface area contributed by atoms with Gasteiger partial charge in [-0.05, 0) is 37.9 Å². The van der Waals surface area contributed by atoms with E-state index in [0.717, 1.165) is 44.7 Å². The lowest BCUT2D eigenvalue weighted by Gasteiger charge is -2.33. The van der Waals surface area contributed by atoms with Gasteiger partial charge in [-0.3, -0.25) is 0 Å². The quantitative estimate of drug-likeness (QED) is 0.721. The van der Waals surface area contributed by atoms with E-state index in [1.54, 1.807) is 0 Å². The molecule has 0 aromatic carbocycles. The Kier molecular flexibility index (Phi) is 5.96. The third kappa shape index (κ3) is 5.99. The fourth-order valence-corrected chi connectivity index (χ4v) is 3.02. The summed E-state index contributed by atoms with van der Waals surface area (Å²) in [6, 6.07) is 6.51. The molecule has 2 heterocycles. The highest BCUT2D eigenvalue weighted by molar-refractivity contribution is 7.88. The van der Waals surface area contributed by atoms with Crippen LogP contribution in [0.1, 0.15) is 19.3 Å². The van der Waals surface area contributed by atoms with E-state index in [-0.39, 0.29) is 0 Å². The van der Waals surface area contributed by atoms with Crippen LogP contribution >= 0.6 is 0 Å². The third-order valence-corrected chi connectivity index (χ3v) is 4.35. The summed E-state index contributed by atoms with van der Waals surface area (Å²) >= 11 is 0. The van der Waals surface area contributed by atoms with Crippen LogP contribution < -0.4 is 14.9 Å². The van der Waals surface area contributed by atoms with Crippen LogP contribution in [0.25, 0.3) is 0 Å². The Bertz CT molecular complexity index is 513. The minimum Gasteiger partial charge on any atom is -0.357 e. The van der Waals surface area contributed by atoms with Gasteiger partial charge in [0, 0.05) is 31.9 Å². The number of aromatic nitrogens is 1. The highest BCUT2D eigenvalue weighted by atomic mass is 32.2. The van der Waals surface area contributed by atoms with Gasteiger partial charge < -0.3 is 10.2 Å². The van der Waals surface area contributed by atoms with E-state index in [0.29, 0.717) is 12.6 Å². The van der Waals surface area contributed by atoms with Crippen LogP contribution in [-0.2, 0) is 10.0 Å². The zero-order valence-corrected chi connectivity index (χ0v) is 13.3. The van der Waals surface area contributed by atoms with E-state index < -0.39 is 10.0 Å². The molecule has 1 saturated heterocycles. The maximum atomic E-state index is 10.9. The van der Waals surface area contributed by atoms with Gasteiger partial charge in [0.1, 0.15) is 5.82 Å². The lowest BCUT2D eigenvalue weighted by Crippen LogP contribution is -2.43. The number of nitrogens with one attached hydrogen (secondary N) is 2. The fourth-order valence-electron chi connectivity index (χ4n) is 2.51. The van der Waals surface area contributed by atoms with Gasteiger partial charge in [-0.25, -0.2) is 18.1 Å². The Hall–Kier alpha value is -1.18. The molecule has 1 fully saturated rings. The van der Waals surface area contributed by atoms with Crippen molar-refractivity contribution >= 4 is 15.8 Å². The Morgan fingerprint density at radius 3 is 2.67 bits per heavy atom. The van der Waals surface area contributed by atoms with Gasteiger partial charge >= 0.3 is 0 Å². The van der Waals surface area contributed by atoms with Crippen molar-refractivity contribution in [3.63, 3.8) is 0 Å². The molecule has 0 radical (unpaired) electrons. The van der Waals surface area contributed by atoms with E-state index in [9.17, 15) is 8.42 Å². The van der Waals surface area contributed by atoms with Gasteiger partial charge in [-0.2, -0.15) is 0 Å². The van der Waals surface area contributed by atoms with Gasteiger partial charge in [0.15, 0.2) is 0 Å². The van der Waals surface area contributed by atoms with Crippen molar-refractivity contribution in [3.8, 4) is 0 Å². The number of hydrogen-bond donors (Lipinski definition) is 2. The number of hydrogen-bond acceptors (Lipinski definition) is 5. The summed E-state index contributed by atoms with van der Waals surface area (Å²) in [5, 5.41) is 3.50. The molecule has 1 aromatic rings. The van der Waals surface area contributed by atoms with Crippen LogP contribution in [0.4, 0.5) is 5.82 Å². The largest absolute Gasteiger partial charge is 0.357 e. The number of nitrogens with zero attached hydrogens (tertiary/aromatic N) is 2. The van der Waals surface area contributed by atoms with Crippen molar-refractivity contribution in [2.45, 2.75) is 25.3 Å². The molecule has 21 heavy (non-hydrogen) atoms. The molecule has 7 heteroatoms. The molecule has 6 nitrogen and oxygen atoms in total. The molecular formula is C14H24N4O2S. The van der Waals surface area contributed by atoms with Crippen molar-refractivity contribution in [2.24, 2.45) is 0 Å². The minimum atomic E-state index is -3.06. The summed E-state index contributed by atoms with van der Waals surface area (Å²) in [5.41, 5.74) is 0. The fraction of sp³-hybridized carbons (Fsp3) is 0.643. The normalized spacial score (nSPS) is 17.1. The average Bonchev–Trinajstić information content (AvgIpc) is 2.47. The molecule has 1 aliphatic heterocycles. The van der Waals surface area contributed by atoms with Crippen LogP contribution in [0, 0.1) is 0 Å². The van der Waals surface area contributed by atoms with Crippen LogP contribution in [0.15, 0.2) is 24.4 Å². The van der Waals surface area contributed by atoms with Crippen molar-refractivity contribution in [1.82, 2.24) is 15.0 Å². The molecule has 0 unspecified atom stereocenters. The highest BCUT2D eigenvalue weighted by Gasteiger charge is 2.19. The van der Waals surface area contributed by atoms with Crippen LogP contribution in [0.5, 0.6) is 0 Å². The van der Waals surface area contributed by atoms with E-state index in [2.05, 4.69) is 19.9 Å². The summed E-state index contributed by atoms with van der Waals surface area (Å²) in [6.07, 6.45) is 6.02. The molecule has 0 amide bonds. The van der Waals surface area contributed by atoms with Gasteiger partial charge in [-0.1, -0.05) is 6.07 Å². The van der Waals surface area contributed by atoms with Crippen molar-refractivity contribution in [3.05, 3.63) is 24.4 Å². The van der Waals surface area contributed by atoms with Gasteiger partial charge in [0.25, 0.3) is 0 Å². The molecule has 2 N–H and O–H groups in total. The minimum absolute atomic E-state index is 0.499. The number of sulfonamides is 1. The average molecular weight is 312 g/mol. The summed E-state index contributed by atoms with van der Waals surface area (Å²) in [6.45, 7) is 3.36. The second-order valence-electron chi connectivity index (χ2n) is 5.42. The number of rotatable bonds is 7. The summed E-state index contributed by atoms with van der Waals surface area (Å²) < 4.78 is 24.4. The van der Waals surface area contributed by atoms with Crippen molar-refractivity contribution < 1.29 is 8.42 Å². The van der Waals surface area contributed by atoms with Gasteiger partial charge in [0.05, 0.1) is 6.26 Å². The highest BCUT2D eigenvalue weighted by Crippen LogP contribution is 2.16. The zero-order valence-electron chi connectivity index (χ0n) is 12.5. The Balaban J connectivity index is 1.61. The first-order valence-electron chi connectivity index (χ1n) is 7.38. The first-order valence-corrected chi connectivity index (χ1v) is 9.28. The van der Waals surface area contributed by atoms with Crippen LogP contribution in [0.2, 0.25) is 0 Å². The maximum Gasteiger partial charge on any atom is 0.208 e. The second kappa shape index (κ2) is 7.72. The zero-order chi connectivity index (χ0) is 15.1. The predicted molar refractivity (Wildman–Crippen MR) is 84.9 cm³/mol. The molecule has 0 saturated carbocycles. The van der Waals surface area contributed by atoms with Crippen molar-refractivity contribution in [2.75, 3.05) is 37.3 Å². The van der Waals surface area contributed by atoms with Crippen LogP contribution in [-0.4, -0.2) is 51.9 Å². The van der Waals surface area contributed by atoms with E-state index in [1.807, 2.05) is 24.4 Å². The Morgan fingerprint density at radius 1 is 1.29 bits per heavy atom. The van der Waals surface area contributed by atoms with Crippen LogP contribution in [0.3, 0.4) is 0 Å². The van der Waals surface area contributed by atoms with Crippen molar-refractivity contribution in [1.29, 1.82) is 0 Å². The molecular weight excluding hydrogens is 288 g/mol. The second-order valence-corrected chi connectivity index (χ2v) is 7.26. The SMILES string of the molecule is CS(=O)(=O)NCCCNC1CCN(c2ccccn2)CC1.